The first-order chi connectivity index (χ1) is 16.1. The first-order valence-corrected chi connectivity index (χ1v) is 11.0. The summed E-state index contributed by atoms with van der Waals surface area (Å²) in [5.41, 5.74) is 2.33. The van der Waals surface area contributed by atoms with Gasteiger partial charge in [-0.2, -0.15) is 4.98 Å². The van der Waals surface area contributed by atoms with Gasteiger partial charge in [-0.15, -0.1) is 0 Å². The van der Waals surface area contributed by atoms with Crippen LogP contribution in [0.2, 0.25) is 0 Å². The SMILES string of the molecule is C[C@H](F)C(=O)Nc1cccc(Nc2ncnc(N3CCC(OCc4ccccc4)CC3)n2)c1. The summed E-state index contributed by atoms with van der Waals surface area (Å²) in [6.45, 7) is 3.41. The first-order valence-electron chi connectivity index (χ1n) is 11.0. The van der Waals surface area contributed by atoms with Gasteiger partial charge >= 0.3 is 0 Å². The van der Waals surface area contributed by atoms with Gasteiger partial charge < -0.3 is 20.3 Å². The lowest BCUT2D eigenvalue weighted by Gasteiger charge is -2.31. The number of carbonyl (C=O) groups is 1. The monoisotopic (exact) mass is 450 g/mol. The summed E-state index contributed by atoms with van der Waals surface area (Å²) in [5.74, 6) is 0.306. The number of nitrogens with one attached hydrogen (secondary N) is 2. The fraction of sp³-hybridized carbons (Fsp3) is 0.333. The van der Waals surface area contributed by atoms with Gasteiger partial charge in [-0.3, -0.25) is 4.79 Å². The molecule has 1 saturated heterocycles. The molecule has 0 saturated carbocycles. The molecule has 2 N–H and O–H groups in total. The van der Waals surface area contributed by atoms with Crippen LogP contribution in [0.25, 0.3) is 0 Å². The van der Waals surface area contributed by atoms with Gasteiger partial charge in [-0.1, -0.05) is 36.4 Å². The minimum atomic E-state index is -1.58. The van der Waals surface area contributed by atoms with Crippen molar-refractivity contribution < 1.29 is 13.9 Å². The van der Waals surface area contributed by atoms with Crippen LogP contribution in [0.5, 0.6) is 0 Å². The average Bonchev–Trinajstić information content (AvgIpc) is 2.84. The van der Waals surface area contributed by atoms with Crippen molar-refractivity contribution in [2.45, 2.75) is 38.6 Å². The molecular weight excluding hydrogens is 423 g/mol. The van der Waals surface area contributed by atoms with E-state index in [-0.39, 0.29) is 6.10 Å². The zero-order chi connectivity index (χ0) is 23.0. The lowest BCUT2D eigenvalue weighted by molar-refractivity contribution is -0.120. The van der Waals surface area contributed by atoms with Gasteiger partial charge in [0.1, 0.15) is 6.33 Å². The molecule has 1 aliphatic heterocycles. The van der Waals surface area contributed by atoms with E-state index in [1.165, 1.54) is 18.8 Å². The number of hydrogen-bond donors (Lipinski definition) is 2. The van der Waals surface area contributed by atoms with Crippen molar-refractivity contribution in [1.82, 2.24) is 15.0 Å². The number of amides is 1. The predicted molar refractivity (Wildman–Crippen MR) is 125 cm³/mol. The Morgan fingerprint density at radius 2 is 1.88 bits per heavy atom. The van der Waals surface area contributed by atoms with E-state index >= 15 is 0 Å². The molecule has 4 rings (SSSR count). The second-order valence-electron chi connectivity index (χ2n) is 7.90. The van der Waals surface area contributed by atoms with Crippen LogP contribution >= 0.6 is 0 Å². The molecule has 3 aromatic rings. The second kappa shape index (κ2) is 10.8. The highest BCUT2D eigenvalue weighted by Crippen LogP contribution is 2.22. The van der Waals surface area contributed by atoms with Crippen LogP contribution in [0.1, 0.15) is 25.3 Å². The molecule has 0 radical (unpaired) electrons. The van der Waals surface area contributed by atoms with Crippen molar-refractivity contribution in [3.05, 3.63) is 66.5 Å². The second-order valence-corrected chi connectivity index (χ2v) is 7.90. The summed E-state index contributed by atoms with van der Waals surface area (Å²) in [6, 6.07) is 17.1. The Bertz CT molecular complexity index is 1060. The van der Waals surface area contributed by atoms with E-state index in [0.29, 0.717) is 29.9 Å². The number of ether oxygens (including phenoxy) is 1. The lowest BCUT2D eigenvalue weighted by Crippen LogP contribution is -2.38. The van der Waals surface area contributed by atoms with Crippen molar-refractivity contribution in [2.75, 3.05) is 28.6 Å². The fourth-order valence-corrected chi connectivity index (χ4v) is 3.56. The molecule has 0 aliphatic carbocycles. The van der Waals surface area contributed by atoms with Crippen LogP contribution in [-0.2, 0) is 16.1 Å². The topological polar surface area (TPSA) is 92.3 Å². The average molecular weight is 451 g/mol. The smallest absolute Gasteiger partial charge is 0.258 e. The molecular formula is C24H27FN6O2. The summed E-state index contributed by atoms with van der Waals surface area (Å²) >= 11 is 0. The van der Waals surface area contributed by atoms with E-state index < -0.39 is 12.1 Å². The third-order valence-corrected chi connectivity index (χ3v) is 5.36. The number of anilines is 4. The Hall–Kier alpha value is -3.59. The molecule has 8 nitrogen and oxygen atoms in total. The Labute approximate surface area is 192 Å². The molecule has 0 unspecified atom stereocenters. The van der Waals surface area contributed by atoms with Gasteiger partial charge in [0.2, 0.25) is 11.9 Å². The molecule has 33 heavy (non-hydrogen) atoms. The quantitative estimate of drug-likeness (QED) is 0.534. The molecule has 9 heteroatoms. The molecule has 1 aromatic heterocycles. The van der Waals surface area contributed by atoms with Gasteiger partial charge in [0.15, 0.2) is 6.17 Å². The standard InChI is InChI=1S/C24H27FN6O2/c1-17(25)22(32)28-19-8-5-9-20(14-19)29-23-26-16-27-24(30-23)31-12-10-21(11-13-31)33-15-18-6-3-2-4-7-18/h2-9,14,16-17,21H,10-13,15H2,1H3,(H,28,32)(H,26,27,29,30)/t17-/m0/s1. The van der Waals surface area contributed by atoms with Gasteiger partial charge in [0.25, 0.3) is 5.91 Å². The van der Waals surface area contributed by atoms with Crippen molar-refractivity contribution in [2.24, 2.45) is 0 Å². The zero-order valence-corrected chi connectivity index (χ0v) is 18.4. The Morgan fingerprint density at radius 3 is 2.64 bits per heavy atom. The number of nitrogens with zero attached hydrogens (tertiary/aromatic N) is 4. The van der Waals surface area contributed by atoms with Crippen LogP contribution in [0, 0.1) is 0 Å². The summed E-state index contributed by atoms with van der Waals surface area (Å²) in [4.78, 5) is 26.8. The number of piperidine rings is 1. The van der Waals surface area contributed by atoms with Crippen LogP contribution in [0.4, 0.5) is 27.7 Å². The van der Waals surface area contributed by atoms with Gasteiger partial charge in [0.05, 0.1) is 12.7 Å². The predicted octanol–water partition coefficient (Wildman–Crippen LogP) is 4.10. The van der Waals surface area contributed by atoms with Crippen molar-refractivity contribution >= 4 is 29.2 Å². The Kier molecular flexibility index (Phi) is 7.41. The highest BCUT2D eigenvalue weighted by Gasteiger charge is 2.22. The fourth-order valence-electron chi connectivity index (χ4n) is 3.56. The van der Waals surface area contributed by atoms with Crippen LogP contribution in [-0.4, -0.2) is 46.2 Å². The summed E-state index contributed by atoms with van der Waals surface area (Å²) in [6.07, 6.45) is 1.90. The molecule has 1 amide bonds. The van der Waals surface area contributed by atoms with Gasteiger partial charge in [0, 0.05) is 24.5 Å². The van der Waals surface area contributed by atoms with Crippen molar-refractivity contribution in [3.8, 4) is 0 Å². The normalized spacial score (nSPS) is 15.2. The maximum absolute atomic E-state index is 13.1. The molecule has 0 spiro atoms. The van der Waals surface area contributed by atoms with E-state index in [9.17, 15) is 9.18 Å². The Balaban J connectivity index is 1.32. The number of rotatable bonds is 8. The van der Waals surface area contributed by atoms with Crippen LogP contribution in [0.3, 0.4) is 0 Å². The van der Waals surface area contributed by atoms with E-state index in [0.717, 1.165) is 25.9 Å². The summed E-state index contributed by atoms with van der Waals surface area (Å²) < 4.78 is 19.2. The molecule has 1 atom stereocenters. The van der Waals surface area contributed by atoms with E-state index in [1.54, 1.807) is 18.2 Å². The van der Waals surface area contributed by atoms with Crippen LogP contribution < -0.4 is 15.5 Å². The minimum Gasteiger partial charge on any atom is -0.373 e. The number of benzene rings is 2. The van der Waals surface area contributed by atoms with Crippen molar-refractivity contribution in [1.29, 1.82) is 0 Å². The number of aromatic nitrogens is 3. The highest BCUT2D eigenvalue weighted by molar-refractivity contribution is 5.94. The molecule has 172 valence electrons. The zero-order valence-electron chi connectivity index (χ0n) is 18.4. The van der Waals surface area contributed by atoms with Crippen LogP contribution in [0.15, 0.2) is 60.9 Å². The lowest BCUT2D eigenvalue weighted by atomic mass is 10.1. The van der Waals surface area contributed by atoms with Gasteiger partial charge in [-0.05, 0) is 43.5 Å². The largest absolute Gasteiger partial charge is 0.373 e. The Morgan fingerprint density at radius 1 is 1.12 bits per heavy atom. The van der Waals surface area contributed by atoms with E-state index in [1.807, 2.05) is 24.3 Å². The third kappa shape index (κ3) is 6.45. The van der Waals surface area contributed by atoms with Gasteiger partial charge in [-0.25, -0.2) is 14.4 Å². The van der Waals surface area contributed by atoms with E-state index in [2.05, 4.69) is 42.6 Å². The first kappa shape index (κ1) is 22.6. The van der Waals surface area contributed by atoms with E-state index in [4.69, 9.17) is 4.74 Å². The number of halogens is 1. The summed E-state index contributed by atoms with van der Waals surface area (Å²) in [5, 5.41) is 5.64. The number of alkyl halides is 1. The highest BCUT2D eigenvalue weighted by atomic mass is 19.1. The minimum absolute atomic E-state index is 0.214. The third-order valence-electron chi connectivity index (χ3n) is 5.36. The molecule has 0 bridgehead atoms. The number of carbonyl (C=O) groups excluding carboxylic acids is 1. The molecule has 1 aliphatic rings. The molecule has 2 heterocycles. The maximum Gasteiger partial charge on any atom is 0.258 e. The van der Waals surface area contributed by atoms with Crippen molar-refractivity contribution in [3.63, 3.8) is 0 Å². The number of hydrogen-bond acceptors (Lipinski definition) is 7. The molecule has 2 aromatic carbocycles. The maximum atomic E-state index is 13.1. The summed E-state index contributed by atoms with van der Waals surface area (Å²) in [7, 11) is 0. The molecule has 1 fully saturated rings.